The van der Waals surface area contributed by atoms with Gasteiger partial charge in [-0.2, -0.15) is 0 Å². The molecule has 5 heteroatoms. The highest BCUT2D eigenvalue weighted by molar-refractivity contribution is 5.61. The van der Waals surface area contributed by atoms with Gasteiger partial charge in [0.25, 0.3) is 5.56 Å². The third kappa shape index (κ3) is 2.52. The highest BCUT2D eigenvalue weighted by atomic mass is 16.5. The molecule has 1 heterocycles. The molecule has 1 aromatic carbocycles. The first kappa shape index (κ1) is 12.7. The molecule has 0 bridgehead atoms. The molecule has 3 rings (SSSR count). The molecule has 0 spiro atoms. The summed E-state index contributed by atoms with van der Waals surface area (Å²) < 4.78 is 10.5. The van der Waals surface area contributed by atoms with Crippen molar-refractivity contribution in [2.75, 3.05) is 14.2 Å². The summed E-state index contributed by atoms with van der Waals surface area (Å²) in [6.45, 7) is 0. The number of nitrogens with zero attached hydrogens (tertiary/aromatic N) is 1. The second kappa shape index (κ2) is 5.00. The highest BCUT2D eigenvalue weighted by Gasteiger charge is 2.26. The Bertz CT molecular complexity index is 668. The van der Waals surface area contributed by atoms with Crippen molar-refractivity contribution in [2.45, 2.75) is 18.8 Å². The van der Waals surface area contributed by atoms with Crippen LogP contribution in [0.4, 0.5) is 0 Å². The lowest BCUT2D eigenvalue weighted by molar-refractivity contribution is 0.394. The van der Waals surface area contributed by atoms with Crippen molar-refractivity contribution in [3.8, 4) is 22.9 Å². The minimum atomic E-state index is -0.126. The van der Waals surface area contributed by atoms with Crippen LogP contribution >= 0.6 is 0 Å². The van der Waals surface area contributed by atoms with E-state index in [2.05, 4.69) is 9.97 Å². The topological polar surface area (TPSA) is 64.2 Å². The minimum Gasteiger partial charge on any atom is -0.497 e. The van der Waals surface area contributed by atoms with Gasteiger partial charge in [0.05, 0.1) is 19.9 Å². The molecule has 1 aromatic heterocycles. The van der Waals surface area contributed by atoms with E-state index in [-0.39, 0.29) is 5.56 Å². The fourth-order valence-electron chi connectivity index (χ4n) is 2.15. The Kier molecular flexibility index (Phi) is 3.18. The van der Waals surface area contributed by atoms with Gasteiger partial charge in [-0.25, -0.2) is 4.98 Å². The van der Waals surface area contributed by atoms with Crippen LogP contribution in [0.25, 0.3) is 11.4 Å². The number of aromatic amines is 1. The average molecular weight is 272 g/mol. The molecule has 0 saturated heterocycles. The van der Waals surface area contributed by atoms with Gasteiger partial charge in [-0.05, 0) is 25.0 Å². The Balaban J connectivity index is 2.09. The summed E-state index contributed by atoms with van der Waals surface area (Å²) in [5.41, 5.74) is 1.52. The van der Waals surface area contributed by atoms with Crippen LogP contribution in [-0.4, -0.2) is 24.2 Å². The SMILES string of the molecule is COc1cc(OC)cc(-c2nc(C3CC3)cc(=O)[nH]2)c1. The van der Waals surface area contributed by atoms with E-state index >= 15 is 0 Å². The Labute approximate surface area is 116 Å². The predicted octanol–water partition coefficient (Wildman–Crippen LogP) is 2.33. The molecular weight excluding hydrogens is 256 g/mol. The number of hydrogen-bond acceptors (Lipinski definition) is 4. The molecule has 1 N–H and O–H groups in total. The molecule has 2 aromatic rings. The summed E-state index contributed by atoms with van der Waals surface area (Å²) in [6.07, 6.45) is 2.22. The maximum atomic E-state index is 11.8. The van der Waals surface area contributed by atoms with Gasteiger partial charge in [-0.15, -0.1) is 0 Å². The van der Waals surface area contributed by atoms with Crippen LogP contribution in [0, 0.1) is 0 Å². The van der Waals surface area contributed by atoms with Crippen LogP contribution < -0.4 is 15.0 Å². The van der Waals surface area contributed by atoms with Crippen molar-refractivity contribution in [1.82, 2.24) is 9.97 Å². The van der Waals surface area contributed by atoms with Gasteiger partial charge in [-0.1, -0.05) is 0 Å². The summed E-state index contributed by atoms with van der Waals surface area (Å²) in [6, 6.07) is 7.03. The second-order valence-corrected chi connectivity index (χ2v) is 4.89. The molecule has 1 aliphatic rings. The molecule has 1 aliphatic carbocycles. The lowest BCUT2D eigenvalue weighted by Crippen LogP contribution is -2.10. The largest absolute Gasteiger partial charge is 0.497 e. The zero-order chi connectivity index (χ0) is 14.1. The Morgan fingerprint density at radius 2 is 1.75 bits per heavy atom. The molecule has 0 aliphatic heterocycles. The van der Waals surface area contributed by atoms with Gasteiger partial charge in [0.2, 0.25) is 0 Å². The van der Waals surface area contributed by atoms with Crippen molar-refractivity contribution in [3.63, 3.8) is 0 Å². The second-order valence-electron chi connectivity index (χ2n) is 4.89. The van der Waals surface area contributed by atoms with Gasteiger partial charge in [0.1, 0.15) is 17.3 Å². The molecule has 0 radical (unpaired) electrons. The maximum absolute atomic E-state index is 11.8. The van der Waals surface area contributed by atoms with Crippen LogP contribution in [-0.2, 0) is 0 Å². The van der Waals surface area contributed by atoms with Crippen molar-refractivity contribution in [1.29, 1.82) is 0 Å². The third-order valence-electron chi connectivity index (χ3n) is 3.38. The van der Waals surface area contributed by atoms with Crippen molar-refractivity contribution >= 4 is 0 Å². The quantitative estimate of drug-likeness (QED) is 0.927. The molecule has 0 amide bonds. The molecule has 20 heavy (non-hydrogen) atoms. The van der Waals surface area contributed by atoms with E-state index in [0.717, 1.165) is 24.1 Å². The number of ether oxygens (including phenoxy) is 2. The first-order chi connectivity index (χ1) is 9.69. The van der Waals surface area contributed by atoms with Gasteiger partial charge in [0.15, 0.2) is 0 Å². The lowest BCUT2D eigenvalue weighted by atomic mass is 10.1. The number of rotatable bonds is 4. The summed E-state index contributed by atoms with van der Waals surface area (Å²) in [4.78, 5) is 19.1. The van der Waals surface area contributed by atoms with Crippen LogP contribution in [0.3, 0.4) is 0 Å². The van der Waals surface area contributed by atoms with E-state index in [0.29, 0.717) is 23.2 Å². The lowest BCUT2D eigenvalue weighted by Gasteiger charge is -2.08. The number of hydrogen-bond donors (Lipinski definition) is 1. The van der Waals surface area contributed by atoms with E-state index in [1.165, 1.54) is 0 Å². The first-order valence-electron chi connectivity index (χ1n) is 6.54. The fraction of sp³-hybridized carbons (Fsp3) is 0.333. The molecule has 0 unspecified atom stereocenters. The molecule has 104 valence electrons. The molecule has 1 saturated carbocycles. The standard InChI is InChI=1S/C15H16N2O3/c1-19-11-5-10(6-12(7-11)20-2)15-16-13(9-3-4-9)8-14(18)17-15/h5-9H,3-4H2,1-2H3,(H,16,17,18). The van der Waals surface area contributed by atoms with Gasteiger partial charge in [-0.3, -0.25) is 4.79 Å². The molecule has 0 atom stereocenters. The van der Waals surface area contributed by atoms with E-state index in [1.807, 2.05) is 12.1 Å². The van der Waals surface area contributed by atoms with Crippen LogP contribution in [0.2, 0.25) is 0 Å². The number of aromatic nitrogens is 2. The van der Waals surface area contributed by atoms with Crippen LogP contribution in [0.15, 0.2) is 29.1 Å². The first-order valence-corrected chi connectivity index (χ1v) is 6.54. The van der Waals surface area contributed by atoms with E-state index in [4.69, 9.17) is 9.47 Å². The number of H-pyrrole nitrogens is 1. The molecule has 1 fully saturated rings. The summed E-state index contributed by atoms with van der Waals surface area (Å²) in [7, 11) is 3.19. The Morgan fingerprint density at radius 1 is 1.10 bits per heavy atom. The molecular formula is C15H16N2O3. The zero-order valence-electron chi connectivity index (χ0n) is 11.5. The van der Waals surface area contributed by atoms with Crippen molar-refractivity contribution in [2.24, 2.45) is 0 Å². The fourth-order valence-corrected chi connectivity index (χ4v) is 2.15. The Hall–Kier alpha value is -2.30. The Morgan fingerprint density at radius 3 is 2.30 bits per heavy atom. The zero-order valence-corrected chi connectivity index (χ0v) is 11.5. The highest BCUT2D eigenvalue weighted by Crippen LogP contribution is 2.39. The van der Waals surface area contributed by atoms with E-state index < -0.39 is 0 Å². The number of nitrogens with one attached hydrogen (secondary N) is 1. The monoisotopic (exact) mass is 272 g/mol. The van der Waals surface area contributed by atoms with Crippen LogP contribution in [0.5, 0.6) is 11.5 Å². The van der Waals surface area contributed by atoms with Crippen molar-refractivity contribution < 1.29 is 9.47 Å². The number of methoxy groups -OCH3 is 2. The van der Waals surface area contributed by atoms with Gasteiger partial charge >= 0.3 is 0 Å². The van der Waals surface area contributed by atoms with Gasteiger partial charge in [0, 0.05) is 23.6 Å². The smallest absolute Gasteiger partial charge is 0.251 e. The summed E-state index contributed by atoms with van der Waals surface area (Å²) in [5, 5.41) is 0. The maximum Gasteiger partial charge on any atom is 0.251 e. The van der Waals surface area contributed by atoms with E-state index in [1.54, 1.807) is 26.4 Å². The third-order valence-corrected chi connectivity index (χ3v) is 3.38. The summed E-state index contributed by atoms with van der Waals surface area (Å²) in [5.74, 6) is 2.32. The van der Waals surface area contributed by atoms with Crippen molar-refractivity contribution in [3.05, 3.63) is 40.3 Å². The summed E-state index contributed by atoms with van der Waals surface area (Å²) >= 11 is 0. The normalized spacial score (nSPS) is 14.1. The molecule has 5 nitrogen and oxygen atoms in total. The van der Waals surface area contributed by atoms with Gasteiger partial charge < -0.3 is 14.5 Å². The minimum absolute atomic E-state index is 0.126. The number of benzene rings is 1. The average Bonchev–Trinajstić information content (AvgIpc) is 3.30. The van der Waals surface area contributed by atoms with E-state index in [9.17, 15) is 4.79 Å². The van der Waals surface area contributed by atoms with Crippen LogP contribution in [0.1, 0.15) is 24.5 Å². The predicted molar refractivity (Wildman–Crippen MR) is 75.4 cm³/mol.